The first-order valence-corrected chi connectivity index (χ1v) is 6.41. The predicted octanol–water partition coefficient (Wildman–Crippen LogP) is 2.67. The second kappa shape index (κ2) is 6.14. The Kier molecular flexibility index (Phi) is 4.30. The lowest BCUT2D eigenvalue weighted by Crippen LogP contribution is -2.22. The van der Waals surface area contributed by atoms with Crippen LogP contribution in [0.1, 0.15) is 23.0 Å². The average Bonchev–Trinajstić information content (AvgIpc) is 2.97. The second-order valence-electron chi connectivity index (χ2n) is 4.36. The van der Waals surface area contributed by atoms with Crippen molar-refractivity contribution in [2.45, 2.75) is 13.5 Å². The summed E-state index contributed by atoms with van der Waals surface area (Å²) < 4.78 is 10.1. The fourth-order valence-electron chi connectivity index (χ4n) is 2.00. The molecule has 0 unspecified atom stereocenters. The summed E-state index contributed by atoms with van der Waals surface area (Å²) in [6.45, 7) is 3.45. The number of hydrogen-bond acceptors (Lipinski definition) is 5. The van der Waals surface area contributed by atoms with Crippen molar-refractivity contribution < 1.29 is 13.9 Å². The van der Waals surface area contributed by atoms with Crippen LogP contribution in [0.25, 0.3) is 0 Å². The summed E-state index contributed by atoms with van der Waals surface area (Å²) in [5, 5.41) is 0. The van der Waals surface area contributed by atoms with Crippen LogP contribution < -0.4 is 10.6 Å². The molecule has 0 atom stereocenters. The first-order valence-electron chi connectivity index (χ1n) is 6.41. The van der Waals surface area contributed by atoms with E-state index in [-0.39, 0.29) is 0 Å². The molecule has 0 radical (unpaired) electrons. The summed E-state index contributed by atoms with van der Waals surface area (Å²) in [6, 6.07) is 9.11. The molecule has 1 heterocycles. The van der Waals surface area contributed by atoms with Gasteiger partial charge in [-0.2, -0.15) is 0 Å². The highest BCUT2D eigenvalue weighted by Crippen LogP contribution is 2.23. The maximum absolute atomic E-state index is 11.7. The zero-order chi connectivity index (χ0) is 14.5. The first kappa shape index (κ1) is 14.0. The van der Waals surface area contributed by atoms with Gasteiger partial charge in [0.15, 0.2) is 0 Å². The Morgan fingerprint density at radius 2 is 2.20 bits per heavy atom. The third-order valence-electron chi connectivity index (χ3n) is 3.12. The van der Waals surface area contributed by atoms with Crippen LogP contribution in [-0.4, -0.2) is 19.6 Å². The van der Waals surface area contributed by atoms with E-state index in [1.54, 1.807) is 18.4 Å². The van der Waals surface area contributed by atoms with Gasteiger partial charge in [0, 0.05) is 17.9 Å². The van der Waals surface area contributed by atoms with E-state index in [0.29, 0.717) is 17.8 Å². The van der Waals surface area contributed by atoms with E-state index in [1.807, 2.05) is 25.1 Å². The normalized spacial score (nSPS) is 10.3. The van der Waals surface area contributed by atoms with Crippen molar-refractivity contribution in [3.63, 3.8) is 0 Å². The maximum Gasteiger partial charge on any atom is 0.340 e. The molecule has 0 bridgehead atoms. The Bertz CT molecular complexity index is 579. The molecule has 0 amide bonds. The Morgan fingerprint density at radius 1 is 1.40 bits per heavy atom. The van der Waals surface area contributed by atoms with Gasteiger partial charge in [0.1, 0.15) is 5.76 Å². The summed E-state index contributed by atoms with van der Waals surface area (Å²) in [5.74, 6) is 0.432. The first-order chi connectivity index (χ1) is 9.65. The van der Waals surface area contributed by atoms with Gasteiger partial charge < -0.3 is 19.8 Å². The lowest BCUT2D eigenvalue weighted by atomic mass is 10.1. The molecule has 0 saturated carbocycles. The molecule has 0 saturated heterocycles. The average molecular weight is 274 g/mol. The number of nitrogens with zero attached hydrogens (tertiary/aromatic N) is 1. The van der Waals surface area contributed by atoms with E-state index >= 15 is 0 Å². The van der Waals surface area contributed by atoms with Crippen molar-refractivity contribution in [1.82, 2.24) is 0 Å². The molecule has 106 valence electrons. The highest BCUT2D eigenvalue weighted by molar-refractivity contribution is 5.96. The molecular weight excluding hydrogens is 256 g/mol. The molecule has 20 heavy (non-hydrogen) atoms. The van der Waals surface area contributed by atoms with Crippen molar-refractivity contribution in [3.05, 3.63) is 47.9 Å². The minimum Gasteiger partial charge on any atom is -0.467 e. The zero-order valence-corrected chi connectivity index (χ0v) is 11.6. The van der Waals surface area contributed by atoms with Crippen LogP contribution in [0, 0.1) is 0 Å². The molecule has 0 aliphatic heterocycles. The molecule has 0 spiro atoms. The minimum atomic E-state index is -0.432. The van der Waals surface area contributed by atoms with Gasteiger partial charge in [-0.25, -0.2) is 4.79 Å². The SMILES string of the molecule is CCN(Cc1ccco1)c1ccc(N)c(C(=O)OC)c1. The number of rotatable bonds is 5. The lowest BCUT2D eigenvalue weighted by Gasteiger charge is -2.22. The van der Waals surface area contributed by atoms with E-state index in [4.69, 9.17) is 14.9 Å². The van der Waals surface area contributed by atoms with Crippen molar-refractivity contribution in [2.75, 3.05) is 24.3 Å². The summed E-state index contributed by atoms with van der Waals surface area (Å²) >= 11 is 0. The molecule has 0 fully saturated rings. The van der Waals surface area contributed by atoms with Crippen LogP contribution in [0.5, 0.6) is 0 Å². The van der Waals surface area contributed by atoms with Crippen LogP contribution in [0.2, 0.25) is 0 Å². The number of benzene rings is 1. The smallest absolute Gasteiger partial charge is 0.340 e. The molecule has 0 aliphatic carbocycles. The molecule has 5 heteroatoms. The Balaban J connectivity index is 2.28. The number of carbonyl (C=O) groups is 1. The number of anilines is 2. The van der Waals surface area contributed by atoms with Gasteiger partial charge in [-0.15, -0.1) is 0 Å². The Hall–Kier alpha value is -2.43. The monoisotopic (exact) mass is 274 g/mol. The second-order valence-corrected chi connectivity index (χ2v) is 4.36. The third-order valence-corrected chi connectivity index (χ3v) is 3.12. The van der Waals surface area contributed by atoms with Gasteiger partial charge in [0.25, 0.3) is 0 Å². The predicted molar refractivity (Wildman–Crippen MR) is 77.6 cm³/mol. The van der Waals surface area contributed by atoms with Crippen molar-refractivity contribution in [2.24, 2.45) is 0 Å². The highest BCUT2D eigenvalue weighted by atomic mass is 16.5. The molecule has 1 aromatic heterocycles. The van der Waals surface area contributed by atoms with Crippen molar-refractivity contribution in [1.29, 1.82) is 0 Å². The molecule has 2 rings (SSSR count). The quantitative estimate of drug-likeness (QED) is 0.670. The number of furan rings is 1. The van der Waals surface area contributed by atoms with Crippen LogP contribution in [0.15, 0.2) is 41.0 Å². The van der Waals surface area contributed by atoms with E-state index in [1.165, 1.54) is 7.11 Å². The minimum absolute atomic E-state index is 0.378. The largest absolute Gasteiger partial charge is 0.467 e. The number of nitrogens with two attached hydrogens (primary N) is 1. The standard InChI is InChI=1S/C15H18N2O3/c1-3-17(10-12-5-4-8-20-12)11-6-7-14(16)13(9-11)15(18)19-2/h4-9H,3,10,16H2,1-2H3. The van der Waals surface area contributed by atoms with E-state index in [9.17, 15) is 4.79 Å². The van der Waals surface area contributed by atoms with Gasteiger partial charge in [-0.3, -0.25) is 0 Å². The third kappa shape index (κ3) is 2.93. The van der Waals surface area contributed by atoms with Gasteiger partial charge in [0.05, 0.1) is 25.5 Å². The molecule has 2 N–H and O–H groups in total. The van der Waals surface area contributed by atoms with E-state index in [2.05, 4.69) is 4.90 Å². The van der Waals surface area contributed by atoms with Crippen LogP contribution in [0.4, 0.5) is 11.4 Å². The Labute approximate surface area is 117 Å². The van der Waals surface area contributed by atoms with Gasteiger partial charge in [-0.05, 0) is 37.3 Å². The number of carbonyl (C=O) groups excluding carboxylic acids is 1. The maximum atomic E-state index is 11.7. The van der Waals surface area contributed by atoms with Crippen LogP contribution in [-0.2, 0) is 11.3 Å². The van der Waals surface area contributed by atoms with Gasteiger partial charge in [0.2, 0.25) is 0 Å². The summed E-state index contributed by atoms with van der Waals surface area (Å²) in [6.07, 6.45) is 1.64. The Morgan fingerprint density at radius 3 is 2.80 bits per heavy atom. The zero-order valence-electron chi connectivity index (χ0n) is 11.6. The number of hydrogen-bond donors (Lipinski definition) is 1. The molecule has 5 nitrogen and oxygen atoms in total. The number of ether oxygens (including phenoxy) is 1. The van der Waals surface area contributed by atoms with Crippen molar-refractivity contribution >= 4 is 17.3 Å². The summed E-state index contributed by atoms with van der Waals surface area (Å²) in [4.78, 5) is 13.8. The van der Waals surface area contributed by atoms with Crippen LogP contribution in [0.3, 0.4) is 0 Å². The lowest BCUT2D eigenvalue weighted by molar-refractivity contribution is 0.0602. The van der Waals surface area contributed by atoms with Crippen LogP contribution >= 0.6 is 0 Å². The van der Waals surface area contributed by atoms with E-state index in [0.717, 1.165) is 18.0 Å². The molecule has 0 aliphatic rings. The van der Waals surface area contributed by atoms with Gasteiger partial charge in [-0.1, -0.05) is 0 Å². The number of methoxy groups -OCH3 is 1. The van der Waals surface area contributed by atoms with E-state index < -0.39 is 5.97 Å². The van der Waals surface area contributed by atoms with Crippen molar-refractivity contribution in [3.8, 4) is 0 Å². The number of nitrogen functional groups attached to an aromatic ring is 1. The highest BCUT2D eigenvalue weighted by Gasteiger charge is 2.14. The summed E-state index contributed by atoms with van der Waals surface area (Å²) in [7, 11) is 1.34. The topological polar surface area (TPSA) is 68.7 Å². The summed E-state index contributed by atoms with van der Waals surface area (Å²) in [5.41, 5.74) is 7.50. The molecular formula is C15H18N2O3. The van der Waals surface area contributed by atoms with Gasteiger partial charge >= 0.3 is 5.97 Å². The fraction of sp³-hybridized carbons (Fsp3) is 0.267. The fourth-order valence-corrected chi connectivity index (χ4v) is 2.00. The number of esters is 1. The molecule has 1 aromatic carbocycles. The molecule has 2 aromatic rings.